The van der Waals surface area contributed by atoms with Gasteiger partial charge in [0.25, 0.3) is 5.56 Å². The average Bonchev–Trinajstić information content (AvgIpc) is 3.12. The minimum atomic E-state index is -0.359. The molecule has 0 spiro atoms. The van der Waals surface area contributed by atoms with E-state index < -0.39 is 0 Å². The molecule has 0 saturated carbocycles. The lowest BCUT2D eigenvalue weighted by Crippen LogP contribution is -2.30. The van der Waals surface area contributed by atoms with Crippen molar-refractivity contribution in [3.8, 4) is 5.82 Å². The van der Waals surface area contributed by atoms with Crippen LogP contribution in [-0.2, 0) is 11.3 Å². The van der Waals surface area contributed by atoms with Crippen molar-refractivity contribution in [3.63, 3.8) is 0 Å². The third-order valence-corrected chi connectivity index (χ3v) is 4.15. The molecule has 3 aromatic heterocycles. The summed E-state index contributed by atoms with van der Waals surface area (Å²) in [6, 6.07) is 4.66. The molecular formula is C14H14N6O2S. The molecule has 3 heterocycles. The largest absolute Gasteiger partial charge is 0.300 e. The first-order chi connectivity index (χ1) is 11.0. The summed E-state index contributed by atoms with van der Waals surface area (Å²) in [4.78, 5) is 29.2. The van der Waals surface area contributed by atoms with Gasteiger partial charge in [-0.2, -0.15) is 5.10 Å². The van der Waals surface area contributed by atoms with Crippen LogP contribution in [0.5, 0.6) is 0 Å². The molecule has 0 aliphatic heterocycles. The van der Waals surface area contributed by atoms with Crippen molar-refractivity contribution in [2.45, 2.75) is 20.4 Å². The molecular weight excluding hydrogens is 316 g/mol. The second kappa shape index (κ2) is 6.13. The zero-order valence-corrected chi connectivity index (χ0v) is 13.4. The molecule has 0 aliphatic carbocycles. The molecule has 3 aromatic rings. The SMILES string of the molecule is Cc1nc(NC(=O)Cn2nc(-n3cccn3)ccc2=O)sc1C. The van der Waals surface area contributed by atoms with Crippen molar-refractivity contribution in [3.05, 3.63) is 51.5 Å². The highest BCUT2D eigenvalue weighted by Crippen LogP contribution is 2.20. The van der Waals surface area contributed by atoms with E-state index >= 15 is 0 Å². The van der Waals surface area contributed by atoms with E-state index in [1.807, 2.05) is 13.8 Å². The summed E-state index contributed by atoms with van der Waals surface area (Å²) < 4.78 is 2.61. The van der Waals surface area contributed by atoms with Crippen LogP contribution in [0.1, 0.15) is 10.6 Å². The maximum Gasteiger partial charge on any atom is 0.267 e. The molecule has 0 atom stereocenters. The lowest BCUT2D eigenvalue weighted by atomic mass is 10.4. The quantitative estimate of drug-likeness (QED) is 0.774. The number of hydrogen-bond donors (Lipinski definition) is 1. The summed E-state index contributed by atoms with van der Waals surface area (Å²) in [6.07, 6.45) is 3.31. The van der Waals surface area contributed by atoms with Gasteiger partial charge < -0.3 is 5.32 Å². The standard InChI is InChI=1S/C14H14N6O2S/c1-9-10(2)23-14(16-9)17-12(21)8-20-13(22)5-4-11(18-20)19-7-3-6-15-19/h3-7H,8H2,1-2H3,(H,16,17,21). The highest BCUT2D eigenvalue weighted by atomic mass is 32.1. The Hall–Kier alpha value is -2.81. The molecule has 3 rings (SSSR count). The molecule has 0 bridgehead atoms. The van der Waals surface area contributed by atoms with Crippen LogP contribution in [0.2, 0.25) is 0 Å². The van der Waals surface area contributed by atoms with Crippen molar-refractivity contribution in [2.24, 2.45) is 0 Å². The number of rotatable bonds is 4. The van der Waals surface area contributed by atoms with Crippen LogP contribution < -0.4 is 10.9 Å². The second-order valence-corrected chi connectivity index (χ2v) is 6.05. The van der Waals surface area contributed by atoms with E-state index in [0.29, 0.717) is 10.9 Å². The molecule has 23 heavy (non-hydrogen) atoms. The van der Waals surface area contributed by atoms with Crippen LogP contribution in [-0.4, -0.2) is 30.5 Å². The Balaban J connectivity index is 1.78. The first-order valence-corrected chi connectivity index (χ1v) is 7.66. The predicted octanol–water partition coefficient (Wildman–Crippen LogP) is 1.14. The zero-order valence-electron chi connectivity index (χ0n) is 12.6. The fraction of sp³-hybridized carbons (Fsp3) is 0.214. The second-order valence-electron chi connectivity index (χ2n) is 4.85. The van der Waals surface area contributed by atoms with Crippen molar-refractivity contribution < 1.29 is 4.79 Å². The summed E-state index contributed by atoms with van der Waals surface area (Å²) in [5.41, 5.74) is 0.517. The molecule has 0 unspecified atom stereocenters. The van der Waals surface area contributed by atoms with Gasteiger partial charge >= 0.3 is 0 Å². The number of carbonyl (C=O) groups is 1. The Kier molecular flexibility index (Phi) is 4.02. The zero-order chi connectivity index (χ0) is 16.4. The Morgan fingerprint density at radius 2 is 2.17 bits per heavy atom. The van der Waals surface area contributed by atoms with Gasteiger partial charge in [0.05, 0.1) is 5.69 Å². The molecule has 0 saturated heterocycles. The van der Waals surface area contributed by atoms with Crippen LogP contribution in [0.4, 0.5) is 5.13 Å². The molecule has 118 valence electrons. The number of aryl methyl sites for hydroxylation is 2. The normalized spacial score (nSPS) is 10.7. The van der Waals surface area contributed by atoms with Gasteiger partial charge in [0.15, 0.2) is 10.9 Å². The van der Waals surface area contributed by atoms with E-state index in [1.54, 1.807) is 24.5 Å². The topological polar surface area (TPSA) is 94.7 Å². The molecule has 8 nitrogen and oxygen atoms in total. The fourth-order valence-electron chi connectivity index (χ4n) is 1.90. The minimum Gasteiger partial charge on any atom is -0.300 e. The van der Waals surface area contributed by atoms with Crippen LogP contribution in [0.25, 0.3) is 5.82 Å². The van der Waals surface area contributed by atoms with E-state index in [2.05, 4.69) is 20.5 Å². The third kappa shape index (κ3) is 3.34. The van der Waals surface area contributed by atoms with E-state index in [1.165, 1.54) is 22.1 Å². The molecule has 0 fully saturated rings. The monoisotopic (exact) mass is 330 g/mol. The highest BCUT2D eigenvalue weighted by molar-refractivity contribution is 7.15. The average molecular weight is 330 g/mol. The van der Waals surface area contributed by atoms with Crippen molar-refractivity contribution in [1.82, 2.24) is 24.5 Å². The summed E-state index contributed by atoms with van der Waals surface area (Å²) in [5, 5.41) is 11.4. The van der Waals surface area contributed by atoms with E-state index in [-0.39, 0.29) is 18.0 Å². The number of thiazole rings is 1. The number of hydrogen-bond acceptors (Lipinski definition) is 6. The van der Waals surface area contributed by atoms with Crippen LogP contribution in [0.3, 0.4) is 0 Å². The number of anilines is 1. The van der Waals surface area contributed by atoms with Gasteiger partial charge in [-0.25, -0.2) is 14.3 Å². The number of aromatic nitrogens is 5. The molecule has 0 aromatic carbocycles. The van der Waals surface area contributed by atoms with Crippen LogP contribution in [0, 0.1) is 13.8 Å². The smallest absolute Gasteiger partial charge is 0.267 e. The number of amides is 1. The number of carbonyl (C=O) groups excluding carboxylic acids is 1. The molecule has 9 heteroatoms. The van der Waals surface area contributed by atoms with Crippen LogP contribution in [0.15, 0.2) is 35.4 Å². The maximum atomic E-state index is 12.1. The number of nitrogens with one attached hydrogen (secondary N) is 1. The van der Waals surface area contributed by atoms with Gasteiger partial charge in [-0.05, 0) is 26.0 Å². The van der Waals surface area contributed by atoms with Gasteiger partial charge in [-0.3, -0.25) is 9.59 Å². The van der Waals surface area contributed by atoms with Gasteiger partial charge in [0.1, 0.15) is 6.54 Å². The summed E-state index contributed by atoms with van der Waals surface area (Å²) in [6.45, 7) is 3.62. The van der Waals surface area contributed by atoms with Crippen molar-refractivity contribution in [1.29, 1.82) is 0 Å². The van der Waals surface area contributed by atoms with Crippen molar-refractivity contribution >= 4 is 22.4 Å². The summed E-state index contributed by atoms with van der Waals surface area (Å²) in [5.74, 6) is 0.106. The Labute approximate surface area is 135 Å². The predicted molar refractivity (Wildman–Crippen MR) is 85.8 cm³/mol. The Morgan fingerprint density at radius 1 is 1.35 bits per heavy atom. The van der Waals surface area contributed by atoms with Gasteiger partial charge in [0.2, 0.25) is 5.91 Å². The van der Waals surface area contributed by atoms with Gasteiger partial charge in [-0.1, -0.05) is 0 Å². The van der Waals surface area contributed by atoms with Gasteiger partial charge in [-0.15, -0.1) is 16.4 Å². The highest BCUT2D eigenvalue weighted by Gasteiger charge is 2.11. The molecule has 0 radical (unpaired) electrons. The van der Waals surface area contributed by atoms with Gasteiger partial charge in [0, 0.05) is 23.3 Å². The van der Waals surface area contributed by atoms with Crippen molar-refractivity contribution in [2.75, 3.05) is 5.32 Å². The Bertz CT molecular complexity index is 877. The van der Waals surface area contributed by atoms with Crippen LogP contribution >= 0.6 is 11.3 Å². The summed E-state index contributed by atoms with van der Waals surface area (Å²) >= 11 is 1.39. The maximum absolute atomic E-state index is 12.1. The molecule has 1 amide bonds. The first kappa shape index (κ1) is 15.1. The first-order valence-electron chi connectivity index (χ1n) is 6.85. The fourth-order valence-corrected chi connectivity index (χ4v) is 2.73. The molecule has 1 N–H and O–H groups in total. The molecule has 0 aliphatic rings. The minimum absolute atomic E-state index is 0.189. The van der Waals surface area contributed by atoms with E-state index in [0.717, 1.165) is 15.3 Å². The lowest BCUT2D eigenvalue weighted by Gasteiger charge is -2.06. The third-order valence-electron chi connectivity index (χ3n) is 3.16. The summed E-state index contributed by atoms with van der Waals surface area (Å²) in [7, 11) is 0. The van der Waals surface area contributed by atoms with E-state index in [9.17, 15) is 9.59 Å². The lowest BCUT2D eigenvalue weighted by molar-refractivity contribution is -0.117. The van der Waals surface area contributed by atoms with E-state index in [4.69, 9.17) is 0 Å². The number of nitrogens with zero attached hydrogens (tertiary/aromatic N) is 5. The Morgan fingerprint density at radius 3 is 2.83 bits per heavy atom.